The van der Waals surface area contributed by atoms with E-state index in [-0.39, 0.29) is 19.1 Å². The molecule has 23 heavy (non-hydrogen) atoms. The lowest BCUT2D eigenvalue weighted by atomic mass is 9.92. The molecule has 1 unspecified atom stereocenters. The number of sulfone groups is 1. The number of ether oxygens (including phenoxy) is 1. The fourth-order valence-corrected chi connectivity index (χ4v) is 4.32. The van der Waals surface area contributed by atoms with Gasteiger partial charge in [-0.05, 0) is 55.4 Å². The first kappa shape index (κ1) is 16.3. The van der Waals surface area contributed by atoms with Crippen molar-refractivity contribution < 1.29 is 17.9 Å². The number of benzene rings is 1. The Balaban J connectivity index is 1.55. The molecule has 1 aromatic carbocycles. The van der Waals surface area contributed by atoms with E-state index in [9.17, 15) is 13.2 Å². The van der Waals surface area contributed by atoms with Gasteiger partial charge >= 0.3 is 0 Å². The van der Waals surface area contributed by atoms with Crippen LogP contribution in [0.5, 0.6) is 5.75 Å². The van der Waals surface area contributed by atoms with Gasteiger partial charge in [-0.25, -0.2) is 8.42 Å². The Morgan fingerprint density at radius 1 is 1.26 bits per heavy atom. The van der Waals surface area contributed by atoms with Crippen molar-refractivity contribution in [2.24, 2.45) is 0 Å². The van der Waals surface area contributed by atoms with Crippen LogP contribution in [0.15, 0.2) is 18.2 Å². The van der Waals surface area contributed by atoms with Gasteiger partial charge in [-0.2, -0.15) is 0 Å². The number of hydrogen-bond donors (Lipinski definition) is 0. The van der Waals surface area contributed by atoms with E-state index in [1.165, 1.54) is 30.2 Å². The molecule has 1 aliphatic heterocycles. The Morgan fingerprint density at radius 3 is 2.70 bits per heavy atom. The van der Waals surface area contributed by atoms with Gasteiger partial charge in [-0.1, -0.05) is 6.07 Å². The van der Waals surface area contributed by atoms with E-state index < -0.39 is 15.1 Å². The first-order chi connectivity index (χ1) is 10.9. The molecule has 0 spiro atoms. The first-order valence-electron chi connectivity index (χ1n) is 8.15. The highest BCUT2D eigenvalue weighted by Gasteiger charge is 2.32. The molecule has 6 heteroatoms. The summed E-state index contributed by atoms with van der Waals surface area (Å²) in [5.41, 5.74) is 2.70. The topological polar surface area (TPSA) is 63.7 Å². The molecule has 0 radical (unpaired) electrons. The smallest absolute Gasteiger partial charge is 0.260 e. The second-order valence-corrected chi connectivity index (χ2v) is 8.83. The maximum atomic E-state index is 12.2. The van der Waals surface area contributed by atoms with Crippen LogP contribution < -0.4 is 4.74 Å². The highest BCUT2D eigenvalue weighted by atomic mass is 32.2. The highest BCUT2D eigenvalue weighted by molar-refractivity contribution is 7.91. The van der Waals surface area contributed by atoms with Gasteiger partial charge in [0.05, 0.1) is 5.25 Å². The second kappa shape index (κ2) is 6.51. The molecule has 0 N–H and O–H groups in total. The van der Waals surface area contributed by atoms with E-state index in [1.54, 1.807) is 4.90 Å². The Hall–Kier alpha value is -1.56. The number of amides is 1. The number of hydrogen-bond acceptors (Lipinski definition) is 4. The SMILES string of the molecule is CS(=O)(=O)C1CCN(C(=O)COc2ccc3c(c2)CCCC3)C1. The summed E-state index contributed by atoms with van der Waals surface area (Å²) in [6, 6.07) is 6.04. The molecule has 1 fully saturated rings. The van der Waals surface area contributed by atoms with Crippen LogP contribution in [0.2, 0.25) is 0 Å². The molecule has 1 aromatic rings. The minimum atomic E-state index is -3.08. The van der Waals surface area contributed by atoms with Crippen molar-refractivity contribution in [1.29, 1.82) is 0 Å². The number of carbonyl (C=O) groups is 1. The zero-order valence-electron chi connectivity index (χ0n) is 13.5. The summed E-state index contributed by atoms with van der Waals surface area (Å²) in [5, 5.41) is -0.435. The first-order valence-corrected chi connectivity index (χ1v) is 10.1. The number of fused-ring (bicyclic) bond motifs is 1. The molecule has 1 atom stereocenters. The van der Waals surface area contributed by atoms with E-state index in [0.29, 0.717) is 13.0 Å². The van der Waals surface area contributed by atoms with Gasteiger partial charge in [-0.15, -0.1) is 0 Å². The number of aryl methyl sites for hydroxylation is 2. The number of rotatable bonds is 4. The van der Waals surface area contributed by atoms with Gasteiger partial charge in [0, 0.05) is 19.3 Å². The maximum Gasteiger partial charge on any atom is 0.260 e. The molecular formula is C17H23NO4S. The van der Waals surface area contributed by atoms with Crippen molar-refractivity contribution in [2.45, 2.75) is 37.4 Å². The van der Waals surface area contributed by atoms with Crippen LogP contribution >= 0.6 is 0 Å². The van der Waals surface area contributed by atoms with E-state index in [1.807, 2.05) is 12.1 Å². The average Bonchev–Trinajstić information content (AvgIpc) is 3.02. The molecule has 1 heterocycles. The zero-order valence-corrected chi connectivity index (χ0v) is 14.3. The molecule has 1 saturated heterocycles. The van der Waals surface area contributed by atoms with E-state index in [4.69, 9.17) is 4.74 Å². The van der Waals surface area contributed by atoms with Gasteiger partial charge in [0.1, 0.15) is 5.75 Å². The van der Waals surface area contributed by atoms with Crippen molar-refractivity contribution in [3.8, 4) is 5.75 Å². The van der Waals surface area contributed by atoms with E-state index >= 15 is 0 Å². The molecule has 0 saturated carbocycles. The monoisotopic (exact) mass is 337 g/mol. The third-order valence-corrected chi connectivity index (χ3v) is 6.38. The summed E-state index contributed by atoms with van der Waals surface area (Å²) < 4.78 is 28.7. The Morgan fingerprint density at radius 2 is 2.00 bits per heavy atom. The third kappa shape index (κ3) is 3.86. The van der Waals surface area contributed by atoms with Gasteiger partial charge in [0.25, 0.3) is 5.91 Å². The molecule has 0 bridgehead atoms. The number of carbonyl (C=O) groups excluding carboxylic acids is 1. The Bertz CT molecular complexity index is 699. The van der Waals surface area contributed by atoms with Crippen LogP contribution in [0, 0.1) is 0 Å². The lowest BCUT2D eigenvalue weighted by Gasteiger charge is -2.18. The molecule has 1 aliphatic carbocycles. The molecule has 1 amide bonds. The molecule has 0 aromatic heterocycles. The number of nitrogens with zero attached hydrogens (tertiary/aromatic N) is 1. The lowest BCUT2D eigenvalue weighted by molar-refractivity contribution is -0.132. The van der Waals surface area contributed by atoms with Gasteiger partial charge in [-0.3, -0.25) is 4.79 Å². The van der Waals surface area contributed by atoms with Crippen LogP contribution in [0.25, 0.3) is 0 Å². The van der Waals surface area contributed by atoms with Crippen molar-refractivity contribution in [1.82, 2.24) is 4.90 Å². The van der Waals surface area contributed by atoms with Gasteiger partial charge in [0.15, 0.2) is 16.4 Å². The predicted molar refractivity (Wildman–Crippen MR) is 88.4 cm³/mol. The minimum Gasteiger partial charge on any atom is -0.484 e. The van der Waals surface area contributed by atoms with Gasteiger partial charge < -0.3 is 9.64 Å². The van der Waals surface area contributed by atoms with Crippen LogP contribution in [0.4, 0.5) is 0 Å². The molecule has 3 rings (SSSR count). The van der Waals surface area contributed by atoms with Crippen LogP contribution in [0.3, 0.4) is 0 Å². The summed E-state index contributed by atoms with van der Waals surface area (Å²) in [6.07, 6.45) is 6.38. The standard InChI is InChI=1S/C17H23NO4S/c1-23(20,21)16-8-9-18(11-16)17(19)12-22-15-7-6-13-4-2-3-5-14(13)10-15/h6-7,10,16H,2-5,8-9,11-12H2,1H3. The quantitative estimate of drug-likeness (QED) is 0.837. The fraction of sp³-hybridized carbons (Fsp3) is 0.588. The van der Waals surface area contributed by atoms with E-state index in [0.717, 1.165) is 18.6 Å². The molecular weight excluding hydrogens is 314 g/mol. The minimum absolute atomic E-state index is 0.0325. The number of likely N-dealkylation sites (tertiary alicyclic amines) is 1. The summed E-state index contributed by atoms with van der Waals surface area (Å²) in [6.45, 7) is 0.741. The van der Waals surface area contributed by atoms with Crippen molar-refractivity contribution in [2.75, 3.05) is 26.0 Å². The van der Waals surface area contributed by atoms with Crippen LogP contribution in [0.1, 0.15) is 30.4 Å². The summed E-state index contributed by atoms with van der Waals surface area (Å²) in [4.78, 5) is 13.8. The lowest BCUT2D eigenvalue weighted by Crippen LogP contribution is -2.34. The molecule has 126 valence electrons. The van der Waals surface area contributed by atoms with Crippen molar-refractivity contribution in [3.63, 3.8) is 0 Å². The Labute approximate surface area is 137 Å². The fourth-order valence-electron chi connectivity index (χ4n) is 3.34. The summed E-state index contributed by atoms with van der Waals surface area (Å²) in [7, 11) is -3.08. The third-order valence-electron chi connectivity index (χ3n) is 4.79. The normalized spacial score (nSPS) is 21.1. The summed E-state index contributed by atoms with van der Waals surface area (Å²) >= 11 is 0. The molecule has 2 aliphatic rings. The summed E-state index contributed by atoms with van der Waals surface area (Å²) in [5.74, 6) is 0.576. The van der Waals surface area contributed by atoms with Crippen LogP contribution in [-0.2, 0) is 27.5 Å². The largest absolute Gasteiger partial charge is 0.484 e. The predicted octanol–water partition coefficient (Wildman–Crippen LogP) is 1.59. The zero-order chi connectivity index (χ0) is 16.4. The van der Waals surface area contributed by atoms with Gasteiger partial charge in [0.2, 0.25) is 0 Å². The average molecular weight is 337 g/mol. The van der Waals surface area contributed by atoms with E-state index in [2.05, 4.69) is 6.07 Å². The maximum absolute atomic E-state index is 12.2. The second-order valence-electron chi connectivity index (χ2n) is 6.51. The van der Waals surface area contributed by atoms with Crippen LogP contribution in [-0.4, -0.2) is 50.4 Å². The highest BCUT2D eigenvalue weighted by Crippen LogP contribution is 2.25. The molecule has 5 nitrogen and oxygen atoms in total. The Kier molecular flexibility index (Phi) is 4.62. The van der Waals surface area contributed by atoms with Crippen molar-refractivity contribution in [3.05, 3.63) is 29.3 Å². The van der Waals surface area contributed by atoms with Crippen molar-refractivity contribution >= 4 is 15.7 Å².